The van der Waals surface area contributed by atoms with Crippen LogP contribution in [0.3, 0.4) is 0 Å². The maximum absolute atomic E-state index is 15.3. The number of fused-ring (bicyclic) bond motifs is 1. The Kier molecular flexibility index (Phi) is 6.97. The lowest BCUT2D eigenvalue weighted by molar-refractivity contribution is -0.131. The lowest BCUT2D eigenvalue weighted by atomic mass is 10.0. The first kappa shape index (κ1) is 26.3. The Morgan fingerprint density at radius 1 is 1.24 bits per heavy atom. The number of rotatable bonds is 6. The summed E-state index contributed by atoms with van der Waals surface area (Å²) in [4.78, 5) is 14.1. The molecule has 0 bridgehead atoms. The number of carbonyl (C=O) groups is 1. The van der Waals surface area contributed by atoms with Crippen molar-refractivity contribution in [2.75, 3.05) is 23.4 Å². The topological polar surface area (TPSA) is 102 Å². The Morgan fingerprint density at radius 3 is 2.61 bits per heavy atom. The summed E-state index contributed by atoms with van der Waals surface area (Å²) in [5.74, 6) is -0.395. The molecule has 2 aromatic heterocycles. The Labute approximate surface area is 218 Å². The predicted molar refractivity (Wildman–Crippen MR) is 135 cm³/mol. The van der Waals surface area contributed by atoms with Gasteiger partial charge in [0.2, 0.25) is 5.91 Å². The number of hydrogen-bond donors (Lipinski definition) is 1. The highest BCUT2D eigenvalue weighted by Gasteiger charge is 2.33. The standard InChI is InChI=1S/C25H29F3N6O3S/c1-3-23(35)33-7-4-22-19(14-33)25(31-34(22)16-5-8-38(36,37)9-6-16)30-21-11-18(24(27)28)17(10-20(21)26)15-12-29-32(2)13-15/h10-13,16,24H,3-9,14H2,1-2H3,(H,30,31). The van der Waals surface area contributed by atoms with E-state index in [2.05, 4.69) is 15.5 Å². The minimum atomic E-state index is -3.09. The van der Waals surface area contributed by atoms with E-state index in [-0.39, 0.29) is 52.6 Å². The molecule has 1 saturated heterocycles. The number of benzene rings is 1. The molecule has 1 N–H and O–H groups in total. The van der Waals surface area contributed by atoms with Crippen LogP contribution in [-0.2, 0) is 34.6 Å². The SMILES string of the molecule is CCC(=O)N1CCc2c(c(Nc3cc(C(F)F)c(-c4cnn(C)c4)cc3F)nn2C2CCS(=O)(=O)CC2)C1. The van der Waals surface area contributed by atoms with Crippen LogP contribution in [0.5, 0.6) is 0 Å². The van der Waals surface area contributed by atoms with Gasteiger partial charge in [-0.15, -0.1) is 0 Å². The number of nitrogens with one attached hydrogen (secondary N) is 1. The van der Waals surface area contributed by atoms with E-state index in [1.807, 2.05) is 0 Å². The summed E-state index contributed by atoms with van der Waals surface area (Å²) in [6, 6.07) is 1.98. The van der Waals surface area contributed by atoms with Crippen LogP contribution < -0.4 is 5.32 Å². The molecule has 0 spiro atoms. The van der Waals surface area contributed by atoms with E-state index in [4.69, 9.17) is 0 Å². The Bertz CT molecular complexity index is 1470. The number of alkyl halides is 2. The zero-order valence-electron chi connectivity index (χ0n) is 21.1. The number of nitrogens with zero attached hydrogens (tertiary/aromatic N) is 5. The molecule has 38 heavy (non-hydrogen) atoms. The van der Waals surface area contributed by atoms with Gasteiger partial charge >= 0.3 is 0 Å². The minimum absolute atomic E-state index is 0.0369. The molecule has 13 heteroatoms. The summed E-state index contributed by atoms with van der Waals surface area (Å²) < 4.78 is 70.6. The number of aryl methyl sites for hydroxylation is 1. The number of carbonyl (C=O) groups excluding carboxylic acids is 1. The molecule has 1 aromatic carbocycles. The van der Waals surface area contributed by atoms with Gasteiger partial charge in [-0.2, -0.15) is 10.2 Å². The summed E-state index contributed by atoms with van der Waals surface area (Å²) >= 11 is 0. The van der Waals surface area contributed by atoms with Gasteiger partial charge in [-0.3, -0.25) is 14.2 Å². The van der Waals surface area contributed by atoms with E-state index in [0.29, 0.717) is 43.4 Å². The van der Waals surface area contributed by atoms with Crippen LogP contribution in [0.4, 0.5) is 24.7 Å². The van der Waals surface area contributed by atoms with Gasteiger partial charge in [0.15, 0.2) is 5.82 Å². The van der Waals surface area contributed by atoms with E-state index in [0.717, 1.165) is 17.8 Å². The molecule has 1 fully saturated rings. The first-order valence-corrected chi connectivity index (χ1v) is 14.3. The molecule has 0 aliphatic carbocycles. The van der Waals surface area contributed by atoms with Crippen LogP contribution in [0.2, 0.25) is 0 Å². The maximum Gasteiger partial charge on any atom is 0.264 e. The Hall–Kier alpha value is -3.35. The monoisotopic (exact) mass is 550 g/mol. The quantitative estimate of drug-likeness (QED) is 0.495. The van der Waals surface area contributed by atoms with Crippen molar-refractivity contribution in [3.8, 4) is 11.1 Å². The van der Waals surface area contributed by atoms with Crippen LogP contribution in [0, 0.1) is 5.82 Å². The number of sulfone groups is 1. The molecule has 2 aliphatic rings. The number of amides is 1. The molecular weight excluding hydrogens is 521 g/mol. The maximum atomic E-state index is 15.3. The molecule has 0 unspecified atom stereocenters. The summed E-state index contributed by atoms with van der Waals surface area (Å²) in [6.45, 7) is 2.50. The van der Waals surface area contributed by atoms with Crippen LogP contribution >= 0.6 is 0 Å². The van der Waals surface area contributed by atoms with Crippen molar-refractivity contribution >= 4 is 27.2 Å². The van der Waals surface area contributed by atoms with E-state index in [9.17, 15) is 22.0 Å². The van der Waals surface area contributed by atoms with Crippen molar-refractivity contribution in [2.45, 2.75) is 51.6 Å². The van der Waals surface area contributed by atoms with Gasteiger partial charge in [0.05, 0.1) is 36.0 Å². The third-order valence-corrected chi connectivity index (χ3v) is 8.97. The minimum Gasteiger partial charge on any atom is -0.338 e. The predicted octanol–water partition coefficient (Wildman–Crippen LogP) is 4.15. The van der Waals surface area contributed by atoms with E-state index < -0.39 is 22.1 Å². The van der Waals surface area contributed by atoms with Gasteiger partial charge in [0.1, 0.15) is 15.7 Å². The van der Waals surface area contributed by atoms with Crippen molar-refractivity contribution in [3.63, 3.8) is 0 Å². The fourth-order valence-corrected chi connectivity index (χ4v) is 6.68. The van der Waals surface area contributed by atoms with Gasteiger partial charge in [-0.05, 0) is 30.5 Å². The average Bonchev–Trinajstić information content (AvgIpc) is 3.47. The Morgan fingerprint density at radius 2 is 1.97 bits per heavy atom. The van der Waals surface area contributed by atoms with Crippen LogP contribution in [0.15, 0.2) is 24.5 Å². The molecule has 9 nitrogen and oxygen atoms in total. The van der Waals surface area contributed by atoms with Crippen molar-refractivity contribution in [1.29, 1.82) is 0 Å². The van der Waals surface area contributed by atoms with Gasteiger partial charge in [0.25, 0.3) is 6.43 Å². The summed E-state index contributed by atoms with van der Waals surface area (Å²) in [6.07, 6.45) is 1.71. The molecule has 1 amide bonds. The highest BCUT2D eigenvalue weighted by Crippen LogP contribution is 2.38. The lowest BCUT2D eigenvalue weighted by Gasteiger charge is -2.29. The normalized spacial score (nSPS) is 17.6. The lowest BCUT2D eigenvalue weighted by Crippen LogP contribution is -2.36. The van der Waals surface area contributed by atoms with E-state index in [1.165, 1.54) is 17.1 Å². The fourth-order valence-electron chi connectivity index (χ4n) is 5.21. The van der Waals surface area contributed by atoms with Crippen molar-refractivity contribution in [1.82, 2.24) is 24.5 Å². The second kappa shape index (κ2) is 10.1. The van der Waals surface area contributed by atoms with Crippen molar-refractivity contribution in [2.24, 2.45) is 7.05 Å². The molecule has 0 saturated carbocycles. The first-order chi connectivity index (χ1) is 18.1. The number of anilines is 2. The van der Waals surface area contributed by atoms with Gasteiger partial charge < -0.3 is 10.2 Å². The summed E-state index contributed by atoms with van der Waals surface area (Å²) in [5.41, 5.74) is 1.43. The third kappa shape index (κ3) is 5.03. The Balaban J connectivity index is 1.54. The zero-order chi connectivity index (χ0) is 27.2. The summed E-state index contributed by atoms with van der Waals surface area (Å²) in [5, 5.41) is 11.6. The molecule has 0 atom stereocenters. The molecule has 0 radical (unpaired) electrons. The van der Waals surface area contributed by atoms with Crippen LogP contribution in [-0.4, -0.2) is 56.8 Å². The highest BCUT2D eigenvalue weighted by atomic mass is 32.2. The summed E-state index contributed by atoms with van der Waals surface area (Å²) in [7, 11) is -1.45. The molecular formula is C25H29F3N6O3S. The second-order valence-corrected chi connectivity index (χ2v) is 12.1. The number of halogens is 3. The molecule has 2 aliphatic heterocycles. The number of hydrogen-bond acceptors (Lipinski definition) is 6. The second-order valence-electron chi connectivity index (χ2n) is 9.77. The smallest absolute Gasteiger partial charge is 0.264 e. The van der Waals surface area contributed by atoms with Crippen LogP contribution in [0.1, 0.15) is 55.5 Å². The van der Waals surface area contributed by atoms with Crippen molar-refractivity contribution < 1.29 is 26.4 Å². The molecule has 204 valence electrons. The third-order valence-electron chi connectivity index (χ3n) is 7.25. The van der Waals surface area contributed by atoms with Crippen LogP contribution in [0.25, 0.3) is 11.1 Å². The average molecular weight is 551 g/mol. The highest BCUT2D eigenvalue weighted by molar-refractivity contribution is 7.91. The largest absolute Gasteiger partial charge is 0.338 e. The van der Waals surface area contributed by atoms with E-state index >= 15 is 4.39 Å². The molecule has 3 aromatic rings. The fraction of sp³-hybridized carbons (Fsp3) is 0.480. The van der Waals surface area contributed by atoms with Gasteiger partial charge in [-0.1, -0.05) is 6.92 Å². The molecule has 5 rings (SSSR count). The van der Waals surface area contributed by atoms with Gasteiger partial charge in [-0.25, -0.2) is 21.6 Å². The van der Waals surface area contributed by atoms with E-state index in [1.54, 1.807) is 23.6 Å². The zero-order valence-corrected chi connectivity index (χ0v) is 21.9. The molecule has 4 heterocycles. The van der Waals surface area contributed by atoms with Gasteiger partial charge in [0, 0.05) is 55.0 Å². The van der Waals surface area contributed by atoms with Crippen molar-refractivity contribution in [3.05, 3.63) is 47.2 Å². The number of aromatic nitrogens is 4. The first-order valence-electron chi connectivity index (χ1n) is 12.5.